The molecule has 0 bridgehead atoms. The molecule has 3 aliphatic rings. The van der Waals surface area contributed by atoms with E-state index in [9.17, 15) is 35.1 Å². The lowest BCUT2D eigenvalue weighted by atomic mass is 9.88. The number of nitrogens with one attached hydrogen (secondary N) is 1. The second-order valence-electron chi connectivity index (χ2n) is 21.4. The van der Waals surface area contributed by atoms with Gasteiger partial charge in [0, 0.05) is 13.3 Å². The highest BCUT2D eigenvalue weighted by molar-refractivity contribution is 5.78. The van der Waals surface area contributed by atoms with Gasteiger partial charge in [-0.3, -0.25) is 4.79 Å². The van der Waals surface area contributed by atoms with Crippen molar-refractivity contribution in [2.75, 3.05) is 26.9 Å². The van der Waals surface area contributed by atoms with Crippen molar-refractivity contribution in [3.05, 3.63) is 215 Å². The SMILES string of the molecule is COC(=O)C1(OC2C(O)C(OC3C(COCc4ccccc4)OC(OCc4ccccc4)C(OCc4ccccc4)C3OCc3ccccc3)OC(COCc3ccccc3)C2OCc2ccccc2)CC(O)C(NC(C)=O)C(C(O)C(O)CO)O1. The summed E-state index contributed by atoms with van der Waals surface area (Å²) in [5.74, 6) is -4.64. The number of amides is 1. The third kappa shape index (κ3) is 17.2. The fraction of sp³-hybridized carbons (Fsp3) is 0.424. The first kappa shape index (κ1) is 64.1. The molecule has 0 aromatic heterocycles. The van der Waals surface area contributed by atoms with E-state index in [1.54, 1.807) is 0 Å². The zero-order valence-electron chi connectivity index (χ0n) is 48.0. The molecule has 0 radical (unpaired) electrons. The highest BCUT2D eigenvalue weighted by Gasteiger charge is 2.61. The van der Waals surface area contributed by atoms with Crippen molar-refractivity contribution < 1.29 is 92.0 Å². The number of methoxy groups -OCH3 is 1. The van der Waals surface area contributed by atoms with Gasteiger partial charge < -0.3 is 87.7 Å². The standard InChI is InChI=1S/C66H77NO19/c1-43(69)67-54-50(70)33-66(65(74)75-2,85-59(54)55(72)51(71)34-68)86-60-56(73)63(82-52(41-76-35-44-21-9-3-10-22-44)57(60)78-37-46-25-13-5-14-26-46)84-58-53(42-77-36-45-23-11-4-12-24-45)83-64(81-40-49-31-19-8-20-32-49)62(80-39-48-29-17-7-18-30-48)61(58)79-38-47-27-15-6-16-28-47/h3-32,50-64,68,70-73H,33-42H2,1-2H3,(H,67,69). The Bertz CT molecular complexity index is 2920. The van der Waals surface area contributed by atoms with Crippen molar-refractivity contribution in [2.24, 2.45) is 0 Å². The number of rotatable bonds is 29. The fourth-order valence-electron chi connectivity index (χ4n) is 10.7. The molecule has 0 aliphatic carbocycles. The van der Waals surface area contributed by atoms with Crippen LogP contribution in [0.25, 0.3) is 0 Å². The Morgan fingerprint density at radius 1 is 0.547 bits per heavy atom. The van der Waals surface area contributed by atoms with Gasteiger partial charge in [0.1, 0.15) is 67.1 Å². The molecule has 9 rings (SSSR count). The summed E-state index contributed by atoms with van der Waals surface area (Å²) in [5, 5.41) is 60.2. The summed E-state index contributed by atoms with van der Waals surface area (Å²) in [7, 11) is 1.04. The molecule has 0 spiro atoms. The number of esters is 1. The lowest BCUT2D eigenvalue weighted by Crippen LogP contribution is -2.71. The minimum atomic E-state index is -2.75. The van der Waals surface area contributed by atoms with Crippen molar-refractivity contribution in [1.82, 2.24) is 5.32 Å². The van der Waals surface area contributed by atoms with E-state index >= 15 is 0 Å². The molecule has 3 aliphatic heterocycles. The van der Waals surface area contributed by atoms with E-state index < -0.39 is 123 Å². The second kappa shape index (κ2) is 32.0. The molecule has 6 aromatic rings. The van der Waals surface area contributed by atoms with Crippen LogP contribution in [0.4, 0.5) is 0 Å². The minimum Gasteiger partial charge on any atom is -0.465 e. The normalized spacial score (nSPS) is 28.2. The first-order chi connectivity index (χ1) is 41.9. The zero-order chi connectivity index (χ0) is 60.3. The molecular weight excluding hydrogens is 1110 g/mol. The van der Waals surface area contributed by atoms with Gasteiger partial charge in [0.25, 0.3) is 5.79 Å². The minimum absolute atomic E-state index is 0.0452. The third-order valence-corrected chi connectivity index (χ3v) is 15.1. The molecule has 0 saturated carbocycles. The van der Waals surface area contributed by atoms with Crippen LogP contribution in [-0.4, -0.2) is 162 Å². The fourth-order valence-corrected chi connectivity index (χ4v) is 10.7. The van der Waals surface area contributed by atoms with Gasteiger partial charge in [-0.2, -0.15) is 0 Å². The molecule has 16 unspecified atom stereocenters. The van der Waals surface area contributed by atoms with E-state index in [1.165, 1.54) is 0 Å². The topological polar surface area (TPSA) is 258 Å². The monoisotopic (exact) mass is 1190 g/mol. The molecule has 6 N–H and O–H groups in total. The predicted octanol–water partition coefficient (Wildman–Crippen LogP) is 5.21. The van der Waals surface area contributed by atoms with Crippen molar-refractivity contribution in [3.63, 3.8) is 0 Å². The van der Waals surface area contributed by atoms with Gasteiger partial charge in [-0.15, -0.1) is 0 Å². The van der Waals surface area contributed by atoms with Gasteiger partial charge >= 0.3 is 5.97 Å². The Hall–Kier alpha value is -6.38. The highest BCUT2D eigenvalue weighted by Crippen LogP contribution is 2.41. The van der Waals surface area contributed by atoms with Crippen LogP contribution < -0.4 is 5.32 Å². The van der Waals surface area contributed by atoms with Crippen LogP contribution >= 0.6 is 0 Å². The molecule has 3 heterocycles. The van der Waals surface area contributed by atoms with Crippen LogP contribution in [0.2, 0.25) is 0 Å². The summed E-state index contributed by atoms with van der Waals surface area (Å²) < 4.78 is 79.9. The number of carbonyl (C=O) groups is 2. The zero-order valence-corrected chi connectivity index (χ0v) is 48.0. The lowest BCUT2D eigenvalue weighted by Gasteiger charge is -2.52. The number of aliphatic hydroxyl groups excluding tert-OH is 5. The summed E-state index contributed by atoms with van der Waals surface area (Å²) in [4.78, 5) is 27.2. The molecule has 6 aromatic carbocycles. The average molecular weight is 1190 g/mol. The van der Waals surface area contributed by atoms with Gasteiger partial charge in [0.2, 0.25) is 5.91 Å². The quantitative estimate of drug-likeness (QED) is 0.0329. The molecule has 20 nitrogen and oxygen atoms in total. The molecule has 1 amide bonds. The Labute approximate surface area is 500 Å². The maximum Gasteiger partial charge on any atom is 0.366 e. The number of ether oxygens (including phenoxy) is 12. The number of benzene rings is 6. The maximum absolute atomic E-state index is 14.6. The van der Waals surface area contributed by atoms with Crippen LogP contribution in [0, 0.1) is 0 Å². The van der Waals surface area contributed by atoms with Crippen LogP contribution in [0.1, 0.15) is 46.7 Å². The van der Waals surface area contributed by atoms with E-state index in [4.69, 9.17) is 56.8 Å². The average Bonchev–Trinajstić information content (AvgIpc) is 2.05. The Morgan fingerprint density at radius 2 is 0.953 bits per heavy atom. The Balaban J connectivity index is 1.15. The van der Waals surface area contributed by atoms with Gasteiger partial charge in [0.05, 0.1) is 78.7 Å². The van der Waals surface area contributed by atoms with Gasteiger partial charge in [-0.25, -0.2) is 4.79 Å². The number of hydrogen-bond donors (Lipinski definition) is 6. The first-order valence-corrected chi connectivity index (χ1v) is 28.8. The van der Waals surface area contributed by atoms with Gasteiger partial charge in [-0.05, 0) is 33.4 Å². The molecule has 460 valence electrons. The summed E-state index contributed by atoms with van der Waals surface area (Å²) >= 11 is 0. The lowest BCUT2D eigenvalue weighted by molar-refractivity contribution is -0.394. The van der Waals surface area contributed by atoms with E-state index in [0.717, 1.165) is 41.9 Å². The predicted molar refractivity (Wildman–Crippen MR) is 309 cm³/mol. The summed E-state index contributed by atoms with van der Waals surface area (Å²) in [5.41, 5.74) is 4.92. The van der Waals surface area contributed by atoms with Gasteiger partial charge in [0.15, 0.2) is 12.6 Å². The third-order valence-electron chi connectivity index (χ3n) is 15.1. The van der Waals surface area contributed by atoms with E-state index in [1.807, 2.05) is 182 Å². The second-order valence-corrected chi connectivity index (χ2v) is 21.4. The largest absolute Gasteiger partial charge is 0.465 e. The molecular formula is C66H77NO19. The highest BCUT2D eigenvalue weighted by atomic mass is 16.8. The Kier molecular flexibility index (Phi) is 23.9. The smallest absolute Gasteiger partial charge is 0.366 e. The van der Waals surface area contributed by atoms with Crippen molar-refractivity contribution in [2.45, 2.75) is 151 Å². The molecule has 3 saturated heterocycles. The number of carbonyl (C=O) groups excluding carboxylic acids is 2. The van der Waals surface area contributed by atoms with Crippen molar-refractivity contribution >= 4 is 11.9 Å². The first-order valence-electron chi connectivity index (χ1n) is 28.8. The summed E-state index contributed by atoms with van der Waals surface area (Å²) in [6.45, 7) is 0.246. The maximum atomic E-state index is 14.6. The Morgan fingerprint density at radius 3 is 1.40 bits per heavy atom. The van der Waals surface area contributed by atoms with Gasteiger partial charge in [-0.1, -0.05) is 182 Å². The molecule has 86 heavy (non-hydrogen) atoms. The molecule has 3 fully saturated rings. The van der Waals surface area contributed by atoms with Crippen LogP contribution in [0.15, 0.2) is 182 Å². The molecule has 16 atom stereocenters. The number of aliphatic hydroxyl groups is 5. The van der Waals surface area contributed by atoms with E-state index in [2.05, 4.69) is 5.32 Å². The van der Waals surface area contributed by atoms with E-state index in [-0.39, 0.29) is 52.9 Å². The van der Waals surface area contributed by atoms with Crippen LogP contribution in [-0.2, 0) is 106 Å². The summed E-state index contributed by atoms with van der Waals surface area (Å²) in [6.07, 6.45) is -21.9. The van der Waals surface area contributed by atoms with Crippen molar-refractivity contribution in [3.8, 4) is 0 Å². The summed E-state index contributed by atoms with van der Waals surface area (Å²) in [6, 6.07) is 55.3. The van der Waals surface area contributed by atoms with E-state index in [0.29, 0.717) is 5.56 Å². The van der Waals surface area contributed by atoms with Crippen LogP contribution in [0.3, 0.4) is 0 Å². The van der Waals surface area contributed by atoms with Crippen LogP contribution in [0.5, 0.6) is 0 Å². The van der Waals surface area contributed by atoms with Crippen molar-refractivity contribution in [1.29, 1.82) is 0 Å². The molecule has 20 heteroatoms. The number of hydrogen-bond acceptors (Lipinski definition) is 19.